The number of hydrogen-bond acceptors (Lipinski definition) is 6. The van der Waals surface area contributed by atoms with Gasteiger partial charge in [0.15, 0.2) is 0 Å². The molecular formula is C29H39ClN2O5S. The Hall–Kier alpha value is -2.55. The second-order valence-electron chi connectivity index (χ2n) is 10.2. The molecule has 2 aromatic carbocycles. The zero-order chi connectivity index (χ0) is 26.3. The van der Waals surface area contributed by atoms with E-state index in [0.717, 1.165) is 75.7 Å². The lowest BCUT2D eigenvalue weighted by Crippen LogP contribution is -2.37. The van der Waals surface area contributed by atoms with Crippen LogP contribution in [0, 0.1) is 5.92 Å². The first-order valence-corrected chi connectivity index (χ1v) is 15.0. The van der Waals surface area contributed by atoms with Crippen molar-refractivity contribution in [3.05, 3.63) is 65.2 Å². The van der Waals surface area contributed by atoms with Gasteiger partial charge in [-0.25, -0.2) is 0 Å². The first kappa shape index (κ1) is 30.0. The predicted octanol–water partition coefficient (Wildman–Crippen LogP) is 4.63. The van der Waals surface area contributed by atoms with Crippen molar-refractivity contribution < 1.29 is 22.1 Å². The predicted molar refractivity (Wildman–Crippen MR) is 154 cm³/mol. The zero-order valence-corrected chi connectivity index (χ0v) is 23.9. The van der Waals surface area contributed by atoms with Gasteiger partial charge in [-0.15, -0.1) is 12.4 Å². The smallest absolute Gasteiger partial charge is 0.306 e. The van der Waals surface area contributed by atoms with E-state index in [4.69, 9.17) is 8.92 Å². The topological polar surface area (TPSA) is 84.9 Å². The number of nitrogens with one attached hydrogen (secondary N) is 1. The van der Waals surface area contributed by atoms with Gasteiger partial charge in [-0.05, 0) is 104 Å². The number of halogens is 1. The van der Waals surface area contributed by atoms with Gasteiger partial charge in [0.1, 0.15) is 11.5 Å². The van der Waals surface area contributed by atoms with E-state index in [0.29, 0.717) is 11.7 Å². The third-order valence-electron chi connectivity index (χ3n) is 7.41. The van der Waals surface area contributed by atoms with Crippen molar-refractivity contribution in [2.45, 2.75) is 51.0 Å². The van der Waals surface area contributed by atoms with Crippen molar-refractivity contribution in [3.63, 3.8) is 0 Å². The van der Waals surface area contributed by atoms with Gasteiger partial charge in [0, 0.05) is 25.2 Å². The highest BCUT2D eigenvalue weighted by Gasteiger charge is 2.23. The van der Waals surface area contributed by atoms with Gasteiger partial charge < -0.3 is 19.1 Å². The Labute approximate surface area is 233 Å². The molecule has 7 nitrogen and oxygen atoms in total. The second-order valence-corrected chi connectivity index (χ2v) is 11.8. The van der Waals surface area contributed by atoms with Crippen molar-refractivity contribution in [1.29, 1.82) is 0 Å². The van der Waals surface area contributed by atoms with Crippen molar-refractivity contribution in [1.82, 2.24) is 10.2 Å². The number of rotatable bonds is 9. The first-order valence-electron chi connectivity index (χ1n) is 13.1. The summed E-state index contributed by atoms with van der Waals surface area (Å²) in [5, 5.41) is 3.17. The number of ether oxygens (including phenoxy) is 1. The summed E-state index contributed by atoms with van der Waals surface area (Å²) in [5.41, 5.74) is 3.43. The highest BCUT2D eigenvalue weighted by Crippen LogP contribution is 2.28. The largest absolute Gasteiger partial charge is 0.497 e. The van der Waals surface area contributed by atoms with E-state index in [1.807, 2.05) is 42.5 Å². The summed E-state index contributed by atoms with van der Waals surface area (Å²) in [6.07, 6.45) is 11.9. The standard InChI is InChI=1S/C29H38N2O5S.ClH/c1-35-27-11-5-22(6-12-27)7-14-29(32)30-26-9-3-23(4-10-26)15-18-31-19-16-24-8-13-28(36-37(2,33)34)21-25(24)17-20-31;/h5-8,11-14,21,23,26H,3-4,9-10,15-20H2,1-2H3,(H,30,32);1H/b14-7+;. The molecule has 0 radical (unpaired) electrons. The minimum absolute atomic E-state index is 0. The lowest BCUT2D eigenvalue weighted by Gasteiger charge is -2.30. The fourth-order valence-electron chi connectivity index (χ4n) is 5.29. The molecule has 1 heterocycles. The lowest BCUT2D eigenvalue weighted by atomic mass is 9.84. The Morgan fingerprint density at radius 2 is 1.66 bits per heavy atom. The van der Waals surface area contributed by atoms with Crippen molar-refractivity contribution >= 4 is 34.5 Å². The number of amides is 1. The molecule has 4 rings (SSSR count). The van der Waals surface area contributed by atoms with Crippen LogP contribution in [0.3, 0.4) is 0 Å². The number of nitrogens with zero attached hydrogens (tertiary/aromatic N) is 1. The molecule has 2 aromatic rings. The number of carbonyl (C=O) groups excluding carboxylic acids is 1. The molecule has 0 unspecified atom stereocenters. The quantitative estimate of drug-likeness (QED) is 0.354. The summed E-state index contributed by atoms with van der Waals surface area (Å²) in [5.74, 6) is 1.86. The fourth-order valence-corrected chi connectivity index (χ4v) is 5.75. The SMILES string of the molecule is COc1ccc(/C=C/C(=O)NC2CCC(CCN3CCc4ccc(OS(C)(=O)=O)cc4CC3)CC2)cc1.Cl. The third-order valence-corrected chi connectivity index (χ3v) is 7.90. The van der Waals surface area contributed by atoms with Crippen LogP contribution in [-0.2, 0) is 27.8 Å². The first-order chi connectivity index (χ1) is 17.8. The van der Waals surface area contributed by atoms with E-state index >= 15 is 0 Å². The van der Waals surface area contributed by atoms with Gasteiger partial charge in [0.2, 0.25) is 5.91 Å². The maximum absolute atomic E-state index is 12.4. The summed E-state index contributed by atoms with van der Waals surface area (Å²) < 4.78 is 33.1. The molecule has 0 spiro atoms. The molecular weight excluding hydrogens is 524 g/mol. The monoisotopic (exact) mass is 562 g/mol. The second kappa shape index (κ2) is 14.0. The Morgan fingerprint density at radius 3 is 2.32 bits per heavy atom. The number of carbonyl (C=O) groups is 1. The molecule has 1 saturated carbocycles. The highest BCUT2D eigenvalue weighted by atomic mass is 35.5. The van der Waals surface area contributed by atoms with Crippen LogP contribution in [0.15, 0.2) is 48.5 Å². The maximum Gasteiger partial charge on any atom is 0.306 e. The molecule has 1 aliphatic heterocycles. The van der Waals surface area contributed by atoms with Gasteiger partial charge in [0.25, 0.3) is 0 Å². The molecule has 0 atom stereocenters. The van der Waals surface area contributed by atoms with Gasteiger partial charge >= 0.3 is 10.1 Å². The van der Waals surface area contributed by atoms with Crippen LogP contribution < -0.4 is 14.2 Å². The Balaban J connectivity index is 0.00000400. The van der Waals surface area contributed by atoms with Crippen molar-refractivity contribution in [2.75, 3.05) is 33.0 Å². The molecule has 1 amide bonds. The molecule has 1 N–H and O–H groups in total. The molecule has 1 fully saturated rings. The van der Waals surface area contributed by atoms with Gasteiger partial charge in [-0.1, -0.05) is 18.2 Å². The van der Waals surface area contributed by atoms with Crippen LogP contribution in [0.1, 0.15) is 48.8 Å². The lowest BCUT2D eigenvalue weighted by molar-refractivity contribution is -0.117. The van der Waals surface area contributed by atoms with Crippen molar-refractivity contribution in [3.8, 4) is 11.5 Å². The summed E-state index contributed by atoms with van der Waals surface area (Å²) in [6, 6.07) is 13.5. The molecule has 0 bridgehead atoms. The van der Waals surface area contributed by atoms with Crippen LogP contribution in [0.25, 0.3) is 6.08 Å². The molecule has 38 heavy (non-hydrogen) atoms. The minimum Gasteiger partial charge on any atom is -0.497 e. The van der Waals surface area contributed by atoms with Crippen LogP contribution >= 0.6 is 12.4 Å². The van der Waals surface area contributed by atoms with E-state index in [1.165, 1.54) is 17.5 Å². The Kier molecular flexibility index (Phi) is 11.1. The maximum atomic E-state index is 12.4. The summed E-state index contributed by atoms with van der Waals surface area (Å²) in [4.78, 5) is 14.9. The van der Waals surface area contributed by atoms with Gasteiger partial charge in [-0.3, -0.25) is 4.79 Å². The van der Waals surface area contributed by atoms with Crippen molar-refractivity contribution in [2.24, 2.45) is 5.92 Å². The number of hydrogen-bond donors (Lipinski definition) is 1. The van der Waals surface area contributed by atoms with Crippen LogP contribution in [0.2, 0.25) is 0 Å². The normalized spacial score (nSPS) is 20.2. The number of benzene rings is 2. The summed E-state index contributed by atoms with van der Waals surface area (Å²) in [7, 11) is -1.88. The minimum atomic E-state index is -3.51. The third kappa shape index (κ3) is 9.33. The number of methoxy groups -OCH3 is 1. The molecule has 0 saturated heterocycles. The van der Waals surface area contributed by atoms with E-state index < -0.39 is 10.1 Å². The fraction of sp³-hybridized carbons (Fsp3) is 0.483. The molecule has 2 aliphatic rings. The molecule has 208 valence electrons. The number of fused-ring (bicyclic) bond motifs is 1. The molecule has 0 aromatic heterocycles. The van der Waals surface area contributed by atoms with Gasteiger partial charge in [0.05, 0.1) is 13.4 Å². The molecule has 1 aliphatic carbocycles. The Morgan fingerprint density at radius 1 is 1.00 bits per heavy atom. The Bertz CT molecular complexity index is 1190. The van der Waals surface area contributed by atoms with E-state index in [9.17, 15) is 13.2 Å². The van der Waals surface area contributed by atoms with Crippen LogP contribution in [-0.4, -0.2) is 58.3 Å². The van der Waals surface area contributed by atoms with E-state index in [-0.39, 0.29) is 24.4 Å². The average molecular weight is 563 g/mol. The van der Waals surface area contributed by atoms with Crippen LogP contribution in [0.5, 0.6) is 11.5 Å². The molecule has 9 heteroatoms. The van der Waals surface area contributed by atoms with Gasteiger partial charge in [-0.2, -0.15) is 8.42 Å². The van der Waals surface area contributed by atoms with E-state index in [1.54, 1.807) is 19.3 Å². The zero-order valence-electron chi connectivity index (χ0n) is 22.2. The van der Waals surface area contributed by atoms with Crippen LogP contribution in [0.4, 0.5) is 0 Å². The summed E-state index contributed by atoms with van der Waals surface area (Å²) in [6.45, 7) is 3.07. The highest BCUT2D eigenvalue weighted by molar-refractivity contribution is 7.86. The van der Waals surface area contributed by atoms with E-state index in [2.05, 4.69) is 10.2 Å². The summed E-state index contributed by atoms with van der Waals surface area (Å²) >= 11 is 0. The average Bonchev–Trinajstić information content (AvgIpc) is 3.08.